The highest BCUT2D eigenvalue weighted by Crippen LogP contribution is 2.38. The van der Waals surface area contributed by atoms with Crippen molar-refractivity contribution >= 4 is 11.5 Å². The Kier molecular flexibility index (Phi) is 4.83. The van der Waals surface area contributed by atoms with Gasteiger partial charge in [0.1, 0.15) is 17.6 Å². The van der Waals surface area contributed by atoms with Crippen molar-refractivity contribution in [1.29, 1.82) is 0 Å². The second-order valence-corrected chi connectivity index (χ2v) is 6.90. The molecule has 1 aliphatic rings. The molecule has 1 unspecified atom stereocenters. The van der Waals surface area contributed by atoms with E-state index in [9.17, 15) is 9.90 Å². The Labute approximate surface area is 153 Å². The van der Waals surface area contributed by atoms with Gasteiger partial charge in [0.25, 0.3) is 0 Å². The molecule has 0 aromatic heterocycles. The number of rotatable bonds is 5. The first-order chi connectivity index (χ1) is 12.4. The lowest BCUT2D eigenvalue weighted by Gasteiger charge is -2.34. The standard InChI is InChI=1S/C21H23NO4/c1-21(2)20(24)16-10-9-15(26-4)11-17(16)18(22-21)12-19(23)13-5-7-14(25-3)8-6-13/h5-11,20,24H,12H2,1-4H3. The van der Waals surface area contributed by atoms with Gasteiger partial charge >= 0.3 is 0 Å². The number of carbonyl (C=O) groups excluding carboxylic acids is 1. The fourth-order valence-electron chi connectivity index (χ4n) is 3.17. The Balaban J connectivity index is 1.96. The third-order valence-corrected chi connectivity index (χ3v) is 4.70. The zero-order valence-corrected chi connectivity index (χ0v) is 15.4. The summed E-state index contributed by atoms with van der Waals surface area (Å²) < 4.78 is 10.4. The van der Waals surface area contributed by atoms with Crippen LogP contribution in [0.25, 0.3) is 0 Å². The molecule has 0 amide bonds. The molecule has 0 saturated carbocycles. The van der Waals surface area contributed by atoms with Crippen LogP contribution >= 0.6 is 0 Å². The summed E-state index contributed by atoms with van der Waals surface area (Å²) in [5.74, 6) is 1.34. The van der Waals surface area contributed by atoms with Crippen molar-refractivity contribution in [3.63, 3.8) is 0 Å². The van der Waals surface area contributed by atoms with E-state index in [4.69, 9.17) is 9.47 Å². The summed E-state index contributed by atoms with van der Waals surface area (Å²) in [4.78, 5) is 17.4. The van der Waals surface area contributed by atoms with Gasteiger partial charge in [0, 0.05) is 11.1 Å². The average molecular weight is 353 g/mol. The number of ether oxygens (including phenoxy) is 2. The molecule has 2 aromatic rings. The van der Waals surface area contributed by atoms with Crippen LogP contribution in [-0.4, -0.2) is 36.4 Å². The zero-order chi connectivity index (χ0) is 18.9. The normalized spacial score (nSPS) is 17.9. The molecule has 5 nitrogen and oxygen atoms in total. The first kappa shape index (κ1) is 18.1. The maximum absolute atomic E-state index is 12.8. The van der Waals surface area contributed by atoms with Gasteiger partial charge < -0.3 is 14.6 Å². The molecule has 3 rings (SSSR count). The minimum atomic E-state index is -0.733. The summed E-state index contributed by atoms with van der Waals surface area (Å²) in [6, 6.07) is 12.5. The van der Waals surface area contributed by atoms with Gasteiger partial charge in [0.15, 0.2) is 5.78 Å². The molecule has 0 fully saturated rings. The topological polar surface area (TPSA) is 68.1 Å². The predicted octanol–water partition coefficient (Wildman–Crippen LogP) is 3.59. The number of fused-ring (bicyclic) bond motifs is 1. The molecular weight excluding hydrogens is 330 g/mol. The Morgan fingerprint density at radius 3 is 2.31 bits per heavy atom. The molecule has 0 aliphatic carbocycles. The number of Topliss-reactive ketones (excluding diaryl/α,β-unsaturated/α-hetero) is 1. The zero-order valence-electron chi connectivity index (χ0n) is 15.4. The minimum Gasteiger partial charge on any atom is -0.497 e. The van der Waals surface area contributed by atoms with Gasteiger partial charge in [-0.25, -0.2) is 0 Å². The molecule has 1 heterocycles. The highest BCUT2D eigenvalue weighted by molar-refractivity contribution is 6.17. The van der Waals surface area contributed by atoms with Crippen LogP contribution in [0, 0.1) is 0 Å². The third-order valence-electron chi connectivity index (χ3n) is 4.70. The van der Waals surface area contributed by atoms with Crippen LogP contribution in [0.1, 0.15) is 47.9 Å². The lowest BCUT2D eigenvalue weighted by molar-refractivity contribution is 0.0982. The molecule has 0 saturated heterocycles. The van der Waals surface area contributed by atoms with Crippen LogP contribution in [-0.2, 0) is 0 Å². The van der Waals surface area contributed by atoms with Crippen LogP contribution in [0.3, 0.4) is 0 Å². The first-order valence-corrected chi connectivity index (χ1v) is 8.48. The van der Waals surface area contributed by atoms with E-state index in [0.29, 0.717) is 22.8 Å². The van der Waals surface area contributed by atoms with Crippen LogP contribution in [0.5, 0.6) is 11.5 Å². The van der Waals surface area contributed by atoms with E-state index < -0.39 is 11.6 Å². The van der Waals surface area contributed by atoms with Crippen molar-refractivity contribution in [3.8, 4) is 11.5 Å². The number of methoxy groups -OCH3 is 2. The fraction of sp³-hybridized carbons (Fsp3) is 0.333. The molecular formula is C21H23NO4. The lowest BCUT2D eigenvalue weighted by Crippen LogP contribution is -2.34. The number of nitrogens with zero attached hydrogens (tertiary/aromatic N) is 1. The number of hydrogen-bond donors (Lipinski definition) is 1. The molecule has 1 aliphatic heterocycles. The number of carbonyl (C=O) groups is 1. The van der Waals surface area contributed by atoms with Crippen molar-refractivity contribution < 1.29 is 19.4 Å². The van der Waals surface area contributed by atoms with Gasteiger partial charge in [-0.05, 0) is 55.8 Å². The SMILES string of the molecule is COc1ccc(C(=O)CC2=NC(C)(C)C(O)c3ccc(OC)cc32)cc1. The molecule has 26 heavy (non-hydrogen) atoms. The Morgan fingerprint density at radius 2 is 1.69 bits per heavy atom. The second-order valence-electron chi connectivity index (χ2n) is 6.90. The monoisotopic (exact) mass is 353 g/mol. The van der Waals surface area contributed by atoms with E-state index in [2.05, 4.69) is 4.99 Å². The van der Waals surface area contributed by atoms with Gasteiger partial charge in [0.05, 0.1) is 31.9 Å². The summed E-state index contributed by atoms with van der Waals surface area (Å²) in [5.41, 5.74) is 2.09. The number of hydrogen-bond acceptors (Lipinski definition) is 5. The molecule has 5 heteroatoms. The molecule has 136 valence electrons. The number of aliphatic hydroxyl groups is 1. The Bertz CT molecular complexity index is 853. The van der Waals surface area contributed by atoms with Crippen LogP contribution in [0.2, 0.25) is 0 Å². The van der Waals surface area contributed by atoms with Crippen molar-refractivity contribution in [1.82, 2.24) is 0 Å². The number of aliphatic hydroxyl groups excluding tert-OH is 1. The third kappa shape index (κ3) is 3.35. The van der Waals surface area contributed by atoms with E-state index in [1.54, 1.807) is 38.5 Å². The molecule has 0 bridgehead atoms. The van der Waals surface area contributed by atoms with Crippen LogP contribution in [0.15, 0.2) is 47.5 Å². The van der Waals surface area contributed by atoms with Gasteiger partial charge in [0.2, 0.25) is 0 Å². The van der Waals surface area contributed by atoms with Gasteiger partial charge in [-0.15, -0.1) is 0 Å². The Morgan fingerprint density at radius 1 is 1.08 bits per heavy atom. The quantitative estimate of drug-likeness (QED) is 0.834. The summed E-state index contributed by atoms with van der Waals surface area (Å²) in [6.45, 7) is 3.73. The van der Waals surface area contributed by atoms with E-state index in [0.717, 1.165) is 11.1 Å². The van der Waals surface area contributed by atoms with Gasteiger partial charge in [-0.1, -0.05) is 6.07 Å². The van der Waals surface area contributed by atoms with Crippen molar-refractivity contribution in [2.75, 3.05) is 14.2 Å². The molecule has 2 aromatic carbocycles. The highest BCUT2D eigenvalue weighted by atomic mass is 16.5. The van der Waals surface area contributed by atoms with Crippen molar-refractivity contribution in [2.45, 2.75) is 31.9 Å². The van der Waals surface area contributed by atoms with Crippen molar-refractivity contribution in [3.05, 3.63) is 59.2 Å². The van der Waals surface area contributed by atoms with E-state index in [1.807, 2.05) is 32.0 Å². The second kappa shape index (κ2) is 6.92. The predicted molar refractivity (Wildman–Crippen MR) is 101 cm³/mol. The molecule has 1 atom stereocenters. The Hall–Kier alpha value is -2.66. The van der Waals surface area contributed by atoms with Gasteiger partial charge in [-0.3, -0.25) is 9.79 Å². The average Bonchev–Trinajstić information content (AvgIpc) is 2.65. The summed E-state index contributed by atoms with van der Waals surface area (Å²) in [5, 5.41) is 10.6. The maximum atomic E-state index is 12.8. The largest absolute Gasteiger partial charge is 0.497 e. The molecule has 1 N–H and O–H groups in total. The summed E-state index contributed by atoms with van der Waals surface area (Å²) >= 11 is 0. The van der Waals surface area contributed by atoms with Crippen LogP contribution < -0.4 is 9.47 Å². The lowest BCUT2D eigenvalue weighted by atomic mass is 9.82. The number of aliphatic imine (C=N–C) groups is 1. The molecule has 0 radical (unpaired) electrons. The smallest absolute Gasteiger partial charge is 0.168 e. The summed E-state index contributed by atoms with van der Waals surface area (Å²) in [7, 11) is 3.18. The van der Waals surface area contributed by atoms with Crippen LogP contribution in [0.4, 0.5) is 0 Å². The van der Waals surface area contributed by atoms with Gasteiger partial charge in [-0.2, -0.15) is 0 Å². The first-order valence-electron chi connectivity index (χ1n) is 8.48. The van der Waals surface area contributed by atoms with Crippen molar-refractivity contribution in [2.24, 2.45) is 4.99 Å². The number of ketones is 1. The minimum absolute atomic E-state index is 0.0348. The highest BCUT2D eigenvalue weighted by Gasteiger charge is 2.36. The summed E-state index contributed by atoms with van der Waals surface area (Å²) in [6.07, 6.45) is -0.578. The maximum Gasteiger partial charge on any atom is 0.168 e. The molecule has 0 spiro atoms. The fourth-order valence-corrected chi connectivity index (χ4v) is 3.17. The number of benzene rings is 2. The van der Waals surface area contributed by atoms with E-state index >= 15 is 0 Å². The van der Waals surface area contributed by atoms with E-state index in [1.165, 1.54) is 0 Å². The van der Waals surface area contributed by atoms with E-state index in [-0.39, 0.29) is 12.2 Å².